The average molecular weight is 365 g/mol. The first-order chi connectivity index (χ1) is 12.0. The molecule has 6 nitrogen and oxygen atoms in total. The van der Waals surface area contributed by atoms with Crippen LogP contribution < -0.4 is 24.8 Å². The molecule has 0 spiro atoms. The van der Waals surface area contributed by atoms with Crippen molar-refractivity contribution in [2.24, 2.45) is 0 Å². The smallest absolute Gasteiger partial charge is 0.246 e. The lowest BCUT2D eigenvalue weighted by Gasteiger charge is -2.18. The first-order valence-electron chi connectivity index (χ1n) is 7.61. The van der Waals surface area contributed by atoms with Crippen LogP contribution in [0, 0.1) is 0 Å². The summed E-state index contributed by atoms with van der Waals surface area (Å²) in [5.74, 6) is 1.31. The maximum Gasteiger partial charge on any atom is 0.246 e. The van der Waals surface area contributed by atoms with Gasteiger partial charge in [-0.05, 0) is 25.1 Å². The molecule has 2 N–H and O–H groups in total. The second-order valence-electron chi connectivity index (χ2n) is 5.28. The molecule has 0 fully saturated rings. The lowest BCUT2D eigenvalue weighted by molar-refractivity contribution is -0.116. The molecule has 0 saturated carbocycles. The molecule has 0 aliphatic heterocycles. The van der Waals surface area contributed by atoms with Crippen LogP contribution in [-0.2, 0) is 4.79 Å². The van der Waals surface area contributed by atoms with E-state index in [-0.39, 0.29) is 5.91 Å². The van der Waals surface area contributed by atoms with Crippen LogP contribution in [0.1, 0.15) is 6.92 Å². The van der Waals surface area contributed by atoms with Gasteiger partial charge in [-0.3, -0.25) is 4.79 Å². The Bertz CT molecular complexity index is 727. The lowest BCUT2D eigenvalue weighted by Crippen LogP contribution is -2.31. The maximum atomic E-state index is 12.4. The number of rotatable bonds is 7. The molecule has 0 saturated heterocycles. The van der Waals surface area contributed by atoms with Crippen LogP contribution in [0.4, 0.5) is 11.4 Å². The highest BCUT2D eigenvalue weighted by atomic mass is 35.5. The third-order valence-corrected chi connectivity index (χ3v) is 3.77. The molecule has 0 radical (unpaired) electrons. The lowest BCUT2D eigenvalue weighted by atomic mass is 10.2. The molecule has 134 valence electrons. The zero-order chi connectivity index (χ0) is 18.4. The quantitative estimate of drug-likeness (QED) is 0.782. The summed E-state index contributed by atoms with van der Waals surface area (Å²) in [5, 5.41) is 6.48. The molecule has 2 aromatic rings. The van der Waals surface area contributed by atoms with Gasteiger partial charge in [-0.25, -0.2) is 0 Å². The highest BCUT2D eigenvalue weighted by molar-refractivity contribution is 6.30. The minimum absolute atomic E-state index is 0.198. The SMILES string of the molecule is COc1cc(N[C@@H](C)C(=O)Nc2cccc(Cl)c2)cc(OC)c1OC. The highest BCUT2D eigenvalue weighted by Crippen LogP contribution is 2.40. The molecule has 1 amide bonds. The van der Waals surface area contributed by atoms with Crippen molar-refractivity contribution >= 4 is 28.9 Å². The fraction of sp³-hybridized carbons (Fsp3) is 0.278. The molecule has 1 atom stereocenters. The first-order valence-corrected chi connectivity index (χ1v) is 7.99. The van der Waals surface area contributed by atoms with Crippen molar-refractivity contribution in [3.63, 3.8) is 0 Å². The van der Waals surface area contributed by atoms with Gasteiger partial charge in [-0.15, -0.1) is 0 Å². The number of ether oxygens (including phenoxy) is 3. The monoisotopic (exact) mass is 364 g/mol. The Morgan fingerprint density at radius 2 is 1.64 bits per heavy atom. The van der Waals surface area contributed by atoms with Crippen LogP contribution in [0.2, 0.25) is 5.02 Å². The molecule has 0 bridgehead atoms. The Hall–Kier alpha value is -2.60. The highest BCUT2D eigenvalue weighted by Gasteiger charge is 2.17. The second-order valence-corrected chi connectivity index (χ2v) is 5.72. The van der Waals surface area contributed by atoms with E-state index in [1.165, 1.54) is 21.3 Å². The predicted molar refractivity (Wildman–Crippen MR) is 99.3 cm³/mol. The van der Waals surface area contributed by atoms with Crippen LogP contribution in [0.25, 0.3) is 0 Å². The van der Waals surface area contributed by atoms with Crippen molar-refractivity contribution < 1.29 is 19.0 Å². The fourth-order valence-corrected chi connectivity index (χ4v) is 2.49. The molecule has 2 aromatic carbocycles. The van der Waals surface area contributed by atoms with Crippen molar-refractivity contribution in [2.75, 3.05) is 32.0 Å². The number of methoxy groups -OCH3 is 3. The molecular formula is C18H21ClN2O4. The minimum Gasteiger partial charge on any atom is -0.493 e. The van der Waals surface area contributed by atoms with Gasteiger partial charge in [0, 0.05) is 28.5 Å². The molecule has 0 aliphatic carbocycles. The predicted octanol–water partition coefficient (Wildman–Crippen LogP) is 3.80. The van der Waals surface area contributed by atoms with Gasteiger partial charge < -0.3 is 24.8 Å². The second kappa shape index (κ2) is 8.48. The first kappa shape index (κ1) is 18.7. The summed E-state index contributed by atoms with van der Waals surface area (Å²) < 4.78 is 15.9. The summed E-state index contributed by atoms with van der Waals surface area (Å²) in [4.78, 5) is 12.4. The molecule has 0 heterocycles. The molecule has 2 rings (SSSR count). The Morgan fingerprint density at radius 3 is 2.16 bits per heavy atom. The number of carbonyl (C=O) groups excluding carboxylic acids is 1. The van der Waals surface area contributed by atoms with Gasteiger partial charge in [0.15, 0.2) is 11.5 Å². The molecule has 25 heavy (non-hydrogen) atoms. The minimum atomic E-state index is -0.498. The fourth-order valence-electron chi connectivity index (χ4n) is 2.30. The van der Waals surface area contributed by atoms with E-state index in [0.29, 0.717) is 33.6 Å². The van der Waals surface area contributed by atoms with Gasteiger partial charge in [0.1, 0.15) is 6.04 Å². The van der Waals surface area contributed by atoms with E-state index in [0.717, 1.165) is 0 Å². The van der Waals surface area contributed by atoms with Gasteiger partial charge in [-0.1, -0.05) is 17.7 Å². The number of nitrogens with one attached hydrogen (secondary N) is 2. The topological polar surface area (TPSA) is 68.8 Å². The maximum absolute atomic E-state index is 12.4. The Labute approximate surface area is 152 Å². The van der Waals surface area contributed by atoms with E-state index in [4.69, 9.17) is 25.8 Å². The zero-order valence-electron chi connectivity index (χ0n) is 14.6. The van der Waals surface area contributed by atoms with Crippen molar-refractivity contribution in [2.45, 2.75) is 13.0 Å². The standard InChI is InChI=1S/C18H21ClN2O4/c1-11(18(22)21-13-7-5-6-12(19)8-13)20-14-9-15(23-2)17(25-4)16(10-14)24-3/h5-11,20H,1-4H3,(H,21,22)/t11-/m0/s1. The van der Waals surface area contributed by atoms with Gasteiger partial charge in [-0.2, -0.15) is 0 Å². The van der Waals surface area contributed by atoms with Crippen LogP contribution in [-0.4, -0.2) is 33.3 Å². The van der Waals surface area contributed by atoms with E-state index in [1.54, 1.807) is 43.3 Å². The molecule has 0 aliphatic rings. The van der Waals surface area contributed by atoms with Gasteiger partial charge in [0.25, 0.3) is 0 Å². The normalized spacial score (nSPS) is 11.4. The number of hydrogen-bond donors (Lipinski definition) is 2. The van der Waals surface area contributed by atoms with Crippen molar-refractivity contribution in [3.8, 4) is 17.2 Å². The van der Waals surface area contributed by atoms with E-state index < -0.39 is 6.04 Å². The number of anilines is 2. The Kier molecular flexibility index (Phi) is 6.36. The van der Waals surface area contributed by atoms with Gasteiger partial charge in [0.05, 0.1) is 21.3 Å². The largest absolute Gasteiger partial charge is 0.493 e. The number of amides is 1. The number of halogens is 1. The Morgan fingerprint density at radius 1 is 1.00 bits per heavy atom. The van der Waals surface area contributed by atoms with Gasteiger partial charge >= 0.3 is 0 Å². The van der Waals surface area contributed by atoms with Crippen LogP contribution in [0.5, 0.6) is 17.2 Å². The number of hydrogen-bond acceptors (Lipinski definition) is 5. The van der Waals surface area contributed by atoms with E-state index in [2.05, 4.69) is 10.6 Å². The third-order valence-electron chi connectivity index (χ3n) is 3.53. The summed E-state index contributed by atoms with van der Waals surface area (Å²) >= 11 is 5.93. The van der Waals surface area contributed by atoms with E-state index >= 15 is 0 Å². The van der Waals surface area contributed by atoms with Crippen molar-refractivity contribution in [1.29, 1.82) is 0 Å². The summed E-state index contributed by atoms with van der Waals surface area (Å²) in [7, 11) is 4.61. The van der Waals surface area contributed by atoms with E-state index in [9.17, 15) is 4.79 Å². The molecule has 7 heteroatoms. The van der Waals surface area contributed by atoms with Crippen LogP contribution in [0.15, 0.2) is 36.4 Å². The Balaban J connectivity index is 2.13. The molecule has 0 aromatic heterocycles. The van der Waals surface area contributed by atoms with E-state index in [1.807, 2.05) is 0 Å². The zero-order valence-corrected chi connectivity index (χ0v) is 15.3. The van der Waals surface area contributed by atoms with Crippen molar-refractivity contribution in [1.82, 2.24) is 0 Å². The van der Waals surface area contributed by atoms with Gasteiger partial charge in [0.2, 0.25) is 11.7 Å². The average Bonchev–Trinajstić information content (AvgIpc) is 2.60. The van der Waals surface area contributed by atoms with Crippen LogP contribution in [0.3, 0.4) is 0 Å². The summed E-state index contributed by atoms with van der Waals surface area (Å²) in [5.41, 5.74) is 1.30. The molecular weight excluding hydrogens is 344 g/mol. The summed E-state index contributed by atoms with van der Waals surface area (Å²) in [6.45, 7) is 1.75. The number of benzene rings is 2. The summed E-state index contributed by atoms with van der Waals surface area (Å²) in [6.07, 6.45) is 0. The van der Waals surface area contributed by atoms with Crippen LogP contribution >= 0.6 is 11.6 Å². The molecule has 0 unspecified atom stereocenters. The third kappa shape index (κ3) is 4.70. The summed E-state index contributed by atoms with van der Waals surface area (Å²) in [6, 6.07) is 9.96. The number of carbonyl (C=O) groups is 1. The van der Waals surface area contributed by atoms with Crippen molar-refractivity contribution in [3.05, 3.63) is 41.4 Å².